The van der Waals surface area contributed by atoms with Crippen LogP contribution >= 0.6 is 0 Å². The van der Waals surface area contributed by atoms with Gasteiger partial charge < -0.3 is 11.1 Å². The average molecular weight is 236 g/mol. The van der Waals surface area contributed by atoms with Gasteiger partial charge in [0.1, 0.15) is 5.82 Å². The van der Waals surface area contributed by atoms with Gasteiger partial charge in [0.2, 0.25) is 0 Å². The molecule has 4 heteroatoms. The van der Waals surface area contributed by atoms with Gasteiger partial charge in [0.15, 0.2) is 0 Å². The lowest BCUT2D eigenvalue weighted by Crippen LogP contribution is -2.33. The SMILES string of the molecule is CCCc1nn(C)c(NCC2(C)CCC2)c1N. The summed E-state index contributed by atoms with van der Waals surface area (Å²) in [6.45, 7) is 5.49. The number of hydrogen-bond acceptors (Lipinski definition) is 3. The highest BCUT2D eigenvalue weighted by Gasteiger charge is 2.31. The number of aromatic nitrogens is 2. The van der Waals surface area contributed by atoms with Crippen LogP contribution in [0.15, 0.2) is 0 Å². The highest BCUT2D eigenvalue weighted by Crippen LogP contribution is 2.40. The lowest BCUT2D eigenvalue weighted by Gasteiger charge is -2.38. The second kappa shape index (κ2) is 4.59. The molecule has 1 aromatic rings. The molecule has 17 heavy (non-hydrogen) atoms. The smallest absolute Gasteiger partial charge is 0.147 e. The van der Waals surface area contributed by atoms with Crippen LogP contribution in [0.2, 0.25) is 0 Å². The molecule has 0 aliphatic heterocycles. The zero-order valence-electron chi connectivity index (χ0n) is 11.2. The number of anilines is 2. The highest BCUT2D eigenvalue weighted by atomic mass is 15.3. The van der Waals surface area contributed by atoms with Crippen molar-refractivity contribution in [2.45, 2.75) is 46.0 Å². The van der Waals surface area contributed by atoms with Crippen LogP contribution in [0.25, 0.3) is 0 Å². The lowest BCUT2D eigenvalue weighted by molar-refractivity contribution is 0.179. The third-order valence-corrected chi connectivity index (χ3v) is 3.89. The van der Waals surface area contributed by atoms with Crippen molar-refractivity contribution in [2.75, 3.05) is 17.6 Å². The molecular formula is C13H24N4. The van der Waals surface area contributed by atoms with Gasteiger partial charge in [-0.25, -0.2) is 0 Å². The molecule has 1 saturated carbocycles. The molecule has 0 amide bonds. The fourth-order valence-corrected chi connectivity index (χ4v) is 2.48. The zero-order valence-corrected chi connectivity index (χ0v) is 11.2. The first kappa shape index (κ1) is 12.3. The molecule has 1 aliphatic carbocycles. The third-order valence-electron chi connectivity index (χ3n) is 3.89. The van der Waals surface area contributed by atoms with Crippen LogP contribution in [0.4, 0.5) is 11.5 Å². The predicted octanol–water partition coefficient (Wildman–Crippen LogP) is 2.56. The number of hydrogen-bond donors (Lipinski definition) is 2. The molecule has 96 valence electrons. The van der Waals surface area contributed by atoms with Crippen molar-refractivity contribution in [1.82, 2.24) is 9.78 Å². The molecule has 0 atom stereocenters. The van der Waals surface area contributed by atoms with Gasteiger partial charge in [-0.3, -0.25) is 4.68 Å². The molecule has 4 nitrogen and oxygen atoms in total. The molecule has 1 fully saturated rings. The minimum absolute atomic E-state index is 0.460. The Hall–Kier alpha value is -1.19. The number of aryl methyl sites for hydroxylation is 2. The summed E-state index contributed by atoms with van der Waals surface area (Å²) in [5, 5.41) is 7.95. The summed E-state index contributed by atoms with van der Waals surface area (Å²) in [4.78, 5) is 0. The van der Waals surface area contributed by atoms with Gasteiger partial charge in [0.25, 0.3) is 0 Å². The second-order valence-corrected chi connectivity index (χ2v) is 5.60. The van der Waals surface area contributed by atoms with Crippen LogP contribution in [-0.4, -0.2) is 16.3 Å². The van der Waals surface area contributed by atoms with E-state index in [-0.39, 0.29) is 0 Å². The molecule has 0 bridgehead atoms. The summed E-state index contributed by atoms with van der Waals surface area (Å²) in [5.41, 5.74) is 8.45. The maximum atomic E-state index is 6.13. The van der Waals surface area contributed by atoms with E-state index in [4.69, 9.17) is 5.73 Å². The van der Waals surface area contributed by atoms with Crippen LogP contribution in [0.5, 0.6) is 0 Å². The van der Waals surface area contributed by atoms with Gasteiger partial charge >= 0.3 is 0 Å². The maximum Gasteiger partial charge on any atom is 0.147 e. The van der Waals surface area contributed by atoms with Crippen LogP contribution in [0, 0.1) is 5.41 Å². The van der Waals surface area contributed by atoms with Crippen molar-refractivity contribution in [3.63, 3.8) is 0 Å². The van der Waals surface area contributed by atoms with Crippen LogP contribution in [-0.2, 0) is 13.5 Å². The third kappa shape index (κ3) is 2.40. The van der Waals surface area contributed by atoms with Crippen LogP contribution < -0.4 is 11.1 Å². The summed E-state index contributed by atoms with van der Waals surface area (Å²) < 4.78 is 1.88. The molecule has 0 unspecified atom stereocenters. The molecule has 0 spiro atoms. The molecular weight excluding hydrogens is 212 g/mol. The van der Waals surface area contributed by atoms with Gasteiger partial charge in [-0.2, -0.15) is 5.10 Å². The molecule has 2 rings (SSSR count). The number of rotatable bonds is 5. The average Bonchev–Trinajstić information content (AvgIpc) is 2.50. The van der Waals surface area contributed by atoms with Crippen molar-refractivity contribution < 1.29 is 0 Å². The molecule has 0 saturated heterocycles. The summed E-state index contributed by atoms with van der Waals surface area (Å²) in [6, 6.07) is 0. The first-order valence-electron chi connectivity index (χ1n) is 6.61. The topological polar surface area (TPSA) is 55.9 Å². The Morgan fingerprint density at radius 1 is 1.47 bits per heavy atom. The normalized spacial score (nSPS) is 17.8. The first-order chi connectivity index (χ1) is 8.06. The van der Waals surface area contributed by atoms with E-state index in [1.54, 1.807) is 0 Å². The molecule has 1 aliphatic rings. The number of nitrogen functional groups attached to an aromatic ring is 1. The Kier molecular flexibility index (Phi) is 3.31. The second-order valence-electron chi connectivity index (χ2n) is 5.60. The maximum absolute atomic E-state index is 6.13. The Morgan fingerprint density at radius 2 is 2.18 bits per heavy atom. The Morgan fingerprint density at radius 3 is 2.71 bits per heavy atom. The van der Waals surface area contributed by atoms with Gasteiger partial charge in [-0.1, -0.05) is 26.7 Å². The summed E-state index contributed by atoms with van der Waals surface area (Å²) in [6.07, 6.45) is 6.04. The van der Waals surface area contributed by atoms with E-state index in [9.17, 15) is 0 Å². The zero-order chi connectivity index (χ0) is 12.5. The minimum atomic E-state index is 0.460. The van der Waals surface area contributed by atoms with E-state index < -0.39 is 0 Å². The van der Waals surface area contributed by atoms with Gasteiger partial charge in [0, 0.05) is 13.6 Å². The summed E-state index contributed by atoms with van der Waals surface area (Å²) >= 11 is 0. The molecule has 3 N–H and O–H groups in total. The monoisotopic (exact) mass is 236 g/mol. The van der Waals surface area contributed by atoms with E-state index in [0.717, 1.165) is 36.6 Å². The van der Waals surface area contributed by atoms with E-state index in [2.05, 4.69) is 24.3 Å². The van der Waals surface area contributed by atoms with Gasteiger partial charge in [-0.05, 0) is 24.7 Å². The lowest BCUT2D eigenvalue weighted by atomic mass is 9.70. The van der Waals surface area contributed by atoms with Gasteiger partial charge in [0.05, 0.1) is 11.4 Å². The number of nitrogens with zero attached hydrogens (tertiary/aromatic N) is 2. The predicted molar refractivity (Wildman–Crippen MR) is 72.1 cm³/mol. The van der Waals surface area contributed by atoms with Crippen molar-refractivity contribution in [1.29, 1.82) is 0 Å². The minimum Gasteiger partial charge on any atom is -0.394 e. The number of nitrogens with two attached hydrogens (primary N) is 1. The largest absolute Gasteiger partial charge is 0.394 e. The Bertz CT molecular complexity index is 390. The molecule has 1 aromatic heterocycles. The van der Waals surface area contributed by atoms with Crippen molar-refractivity contribution in [2.24, 2.45) is 12.5 Å². The molecule has 0 aromatic carbocycles. The Labute approximate surface area is 104 Å². The highest BCUT2D eigenvalue weighted by molar-refractivity contribution is 5.65. The van der Waals surface area contributed by atoms with Crippen LogP contribution in [0.1, 0.15) is 45.2 Å². The van der Waals surface area contributed by atoms with Crippen LogP contribution in [0.3, 0.4) is 0 Å². The number of nitrogens with one attached hydrogen (secondary N) is 1. The standard InChI is InChI=1S/C13H24N4/c1-4-6-10-11(14)12(17(3)16-10)15-9-13(2)7-5-8-13/h15H,4-9,14H2,1-3H3. The van der Waals surface area contributed by atoms with E-state index in [0.29, 0.717) is 5.41 Å². The summed E-state index contributed by atoms with van der Waals surface area (Å²) in [5.74, 6) is 0.988. The van der Waals surface area contributed by atoms with Gasteiger partial charge in [-0.15, -0.1) is 0 Å². The van der Waals surface area contributed by atoms with E-state index in [1.807, 2.05) is 11.7 Å². The van der Waals surface area contributed by atoms with Crippen molar-refractivity contribution in [3.8, 4) is 0 Å². The quantitative estimate of drug-likeness (QED) is 0.826. The van der Waals surface area contributed by atoms with E-state index in [1.165, 1.54) is 19.3 Å². The molecule has 0 radical (unpaired) electrons. The fourth-order valence-electron chi connectivity index (χ4n) is 2.48. The fraction of sp³-hybridized carbons (Fsp3) is 0.769. The van der Waals surface area contributed by atoms with Crippen molar-refractivity contribution in [3.05, 3.63) is 5.69 Å². The summed E-state index contributed by atoms with van der Waals surface area (Å²) in [7, 11) is 1.96. The molecule has 1 heterocycles. The van der Waals surface area contributed by atoms with Crippen molar-refractivity contribution >= 4 is 11.5 Å². The Balaban J connectivity index is 2.04. The first-order valence-corrected chi connectivity index (χ1v) is 6.61. The van der Waals surface area contributed by atoms with E-state index >= 15 is 0 Å².